The van der Waals surface area contributed by atoms with Gasteiger partial charge in [0.1, 0.15) is 30.1 Å². The van der Waals surface area contributed by atoms with Gasteiger partial charge in [-0.1, -0.05) is 12.0 Å². The van der Waals surface area contributed by atoms with Crippen molar-refractivity contribution in [2.75, 3.05) is 13.2 Å². The molecule has 0 heterocycles. The molecule has 1 unspecified atom stereocenters. The Morgan fingerprint density at radius 1 is 1.21 bits per heavy atom. The summed E-state index contributed by atoms with van der Waals surface area (Å²) in [7, 11) is 0. The molecule has 0 fully saturated rings. The lowest BCUT2D eigenvalue weighted by molar-refractivity contribution is 0.0911. The number of rotatable bonds is 6. The van der Waals surface area contributed by atoms with Gasteiger partial charge in [-0.3, -0.25) is 4.79 Å². The van der Waals surface area contributed by atoms with Gasteiger partial charge < -0.3 is 15.2 Å². The molecule has 4 nitrogen and oxygen atoms in total. The summed E-state index contributed by atoms with van der Waals surface area (Å²) in [5, 5.41) is 12.3. The van der Waals surface area contributed by atoms with Crippen molar-refractivity contribution in [1.29, 1.82) is 0 Å². The second kappa shape index (κ2) is 8.09. The van der Waals surface area contributed by atoms with E-state index in [-0.39, 0.29) is 13.2 Å². The van der Waals surface area contributed by atoms with Crippen molar-refractivity contribution in [3.05, 3.63) is 65.2 Å². The largest absolute Gasteiger partial charge is 0.481 e. The van der Waals surface area contributed by atoms with Gasteiger partial charge in [-0.05, 0) is 36.4 Å². The van der Waals surface area contributed by atoms with E-state index in [2.05, 4.69) is 11.2 Å². The van der Waals surface area contributed by atoms with Crippen LogP contribution < -0.4 is 10.1 Å². The number of amides is 1. The highest BCUT2D eigenvalue weighted by Gasteiger charge is 2.18. The molecular weight excluding hydrogens is 316 g/mol. The molecule has 0 bridgehead atoms. The minimum absolute atomic E-state index is 0.117. The summed E-state index contributed by atoms with van der Waals surface area (Å²) in [6, 6.07) is 9.44. The molecule has 0 radical (unpaired) electrons. The summed E-state index contributed by atoms with van der Waals surface area (Å²) in [6.45, 7) is -0.210. The van der Waals surface area contributed by atoms with E-state index in [4.69, 9.17) is 11.2 Å². The zero-order valence-electron chi connectivity index (χ0n) is 12.6. The number of benzene rings is 2. The average Bonchev–Trinajstić information content (AvgIpc) is 2.58. The number of hydrogen-bond donors (Lipinski definition) is 2. The van der Waals surface area contributed by atoms with Crippen molar-refractivity contribution in [3.63, 3.8) is 0 Å². The van der Waals surface area contributed by atoms with E-state index >= 15 is 0 Å². The number of hydrogen-bond acceptors (Lipinski definition) is 3. The van der Waals surface area contributed by atoms with Crippen LogP contribution in [-0.4, -0.2) is 24.2 Å². The van der Waals surface area contributed by atoms with Crippen LogP contribution in [0.4, 0.5) is 8.78 Å². The lowest BCUT2D eigenvalue weighted by atomic mass is 10.1. The quantitative estimate of drug-likeness (QED) is 0.800. The molecule has 6 heteroatoms. The summed E-state index contributed by atoms with van der Waals surface area (Å²) in [5.74, 6) is 0.604. The molecule has 0 aliphatic carbocycles. The second-order valence-electron chi connectivity index (χ2n) is 4.88. The van der Waals surface area contributed by atoms with Crippen LogP contribution >= 0.6 is 0 Å². The SMILES string of the molecule is C#CCOc1ccc(C(=O)NCC(O)c2c(F)cccc2F)cc1. The smallest absolute Gasteiger partial charge is 0.251 e. The normalized spacial score (nSPS) is 11.4. The fourth-order valence-corrected chi connectivity index (χ4v) is 2.05. The van der Waals surface area contributed by atoms with Gasteiger partial charge in [0.05, 0.1) is 5.56 Å². The number of halogens is 2. The number of carbonyl (C=O) groups excluding carboxylic acids is 1. The standard InChI is InChI=1S/C18H15F2NO3/c1-2-10-24-13-8-6-12(7-9-13)18(23)21-11-16(22)17-14(19)4-3-5-15(17)20/h1,3-9,16,22H,10-11H2,(H,21,23). The third-order valence-corrected chi connectivity index (χ3v) is 3.23. The van der Waals surface area contributed by atoms with Gasteiger partial charge in [-0.25, -0.2) is 8.78 Å². The van der Waals surface area contributed by atoms with E-state index in [0.29, 0.717) is 11.3 Å². The Labute approximate surface area is 138 Å². The number of aliphatic hydroxyl groups excluding tert-OH is 1. The lowest BCUT2D eigenvalue weighted by Gasteiger charge is -2.14. The molecule has 0 aliphatic rings. The van der Waals surface area contributed by atoms with Gasteiger partial charge in [0.15, 0.2) is 0 Å². The van der Waals surface area contributed by atoms with Crippen LogP contribution in [-0.2, 0) is 0 Å². The zero-order valence-corrected chi connectivity index (χ0v) is 12.6. The highest BCUT2D eigenvalue weighted by molar-refractivity contribution is 5.94. The Bertz CT molecular complexity index is 734. The van der Waals surface area contributed by atoms with Crippen molar-refractivity contribution in [2.45, 2.75) is 6.10 Å². The first-order valence-corrected chi connectivity index (χ1v) is 7.09. The van der Waals surface area contributed by atoms with Crippen molar-refractivity contribution in [1.82, 2.24) is 5.32 Å². The van der Waals surface area contributed by atoms with Crippen molar-refractivity contribution < 1.29 is 23.4 Å². The fraction of sp³-hybridized carbons (Fsp3) is 0.167. The van der Waals surface area contributed by atoms with Gasteiger partial charge in [0.25, 0.3) is 5.91 Å². The van der Waals surface area contributed by atoms with Crippen LogP contribution in [0.25, 0.3) is 0 Å². The minimum atomic E-state index is -1.49. The molecule has 0 spiro atoms. The highest BCUT2D eigenvalue weighted by Crippen LogP contribution is 2.20. The molecular formula is C18H15F2NO3. The summed E-state index contributed by atoms with van der Waals surface area (Å²) in [4.78, 5) is 12.0. The first kappa shape index (κ1) is 17.4. The van der Waals surface area contributed by atoms with Crippen molar-refractivity contribution in [3.8, 4) is 18.1 Å². The van der Waals surface area contributed by atoms with Crippen LogP contribution in [0.5, 0.6) is 5.75 Å². The van der Waals surface area contributed by atoms with E-state index in [0.717, 1.165) is 12.1 Å². The van der Waals surface area contributed by atoms with Crippen LogP contribution in [0.2, 0.25) is 0 Å². The van der Waals surface area contributed by atoms with E-state index in [1.165, 1.54) is 18.2 Å². The van der Waals surface area contributed by atoms with E-state index in [1.807, 2.05) is 0 Å². The van der Waals surface area contributed by atoms with Crippen molar-refractivity contribution >= 4 is 5.91 Å². The first-order chi connectivity index (χ1) is 11.5. The van der Waals surface area contributed by atoms with Crippen LogP contribution in [0.3, 0.4) is 0 Å². The Morgan fingerprint density at radius 3 is 2.42 bits per heavy atom. The molecule has 2 N–H and O–H groups in total. The number of terminal acetylenes is 1. The summed E-state index contributed by atoms with van der Waals surface area (Å²) in [5.41, 5.74) is -0.167. The maximum atomic E-state index is 13.6. The molecule has 0 aromatic heterocycles. The molecule has 0 aliphatic heterocycles. The summed E-state index contributed by atoms with van der Waals surface area (Å²) in [6.07, 6.45) is 3.58. The molecule has 1 atom stereocenters. The molecule has 2 rings (SSSR count). The monoisotopic (exact) mass is 331 g/mol. The van der Waals surface area contributed by atoms with Crippen LogP contribution in [0, 0.1) is 24.0 Å². The Balaban J connectivity index is 1.96. The Hall–Kier alpha value is -2.91. The predicted octanol–water partition coefficient (Wildman–Crippen LogP) is 2.44. The number of ether oxygens (including phenoxy) is 1. The van der Waals surface area contributed by atoms with Crippen LogP contribution in [0.1, 0.15) is 22.0 Å². The predicted molar refractivity (Wildman–Crippen MR) is 84.4 cm³/mol. The zero-order chi connectivity index (χ0) is 17.5. The maximum absolute atomic E-state index is 13.6. The van der Waals surface area contributed by atoms with E-state index in [9.17, 15) is 18.7 Å². The maximum Gasteiger partial charge on any atom is 0.251 e. The van der Waals surface area contributed by atoms with Gasteiger partial charge >= 0.3 is 0 Å². The molecule has 2 aromatic carbocycles. The summed E-state index contributed by atoms with van der Waals surface area (Å²) < 4.78 is 32.3. The van der Waals surface area contributed by atoms with E-state index in [1.54, 1.807) is 12.1 Å². The Morgan fingerprint density at radius 2 is 1.83 bits per heavy atom. The van der Waals surface area contributed by atoms with Gasteiger partial charge in [0.2, 0.25) is 0 Å². The fourth-order valence-electron chi connectivity index (χ4n) is 2.05. The Kier molecular flexibility index (Phi) is 5.88. The third kappa shape index (κ3) is 4.31. The second-order valence-corrected chi connectivity index (χ2v) is 4.88. The van der Waals surface area contributed by atoms with E-state index < -0.39 is 29.2 Å². The van der Waals surface area contributed by atoms with Crippen LogP contribution in [0.15, 0.2) is 42.5 Å². The highest BCUT2D eigenvalue weighted by atomic mass is 19.1. The molecule has 24 heavy (non-hydrogen) atoms. The molecule has 2 aromatic rings. The molecule has 124 valence electrons. The molecule has 0 saturated heterocycles. The lowest BCUT2D eigenvalue weighted by Crippen LogP contribution is -2.29. The average molecular weight is 331 g/mol. The summed E-state index contributed by atoms with van der Waals surface area (Å²) >= 11 is 0. The first-order valence-electron chi connectivity index (χ1n) is 7.09. The number of aliphatic hydroxyl groups is 1. The topological polar surface area (TPSA) is 58.6 Å². The van der Waals surface area contributed by atoms with Crippen molar-refractivity contribution in [2.24, 2.45) is 0 Å². The molecule has 1 amide bonds. The minimum Gasteiger partial charge on any atom is -0.481 e. The molecule has 0 saturated carbocycles. The third-order valence-electron chi connectivity index (χ3n) is 3.23. The van der Waals surface area contributed by atoms with Gasteiger partial charge in [-0.15, -0.1) is 6.42 Å². The number of nitrogens with one attached hydrogen (secondary N) is 1. The van der Waals surface area contributed by atoms with Gasteiger partial charge in [0, 0.05) is 12.1 Å². The number of carbonyl (C=O) groups is 1. The van der Waals surface area contributed by atoms with Gasteiger partial charge in [-0.2, -0.15) is 0 Å².